The van der Waals surface area contributed by atoms with Gasteiger partial charge in [-0.25, -0.2) is 0 Å². The Balaban J connectivity index is 2.24. The van der Waals surface area contributed by atoms with E-state index in [2.05, 4.69) is 24.1 Å². The maximum absolute atomic E-state index is 11.7. The van der Waals surface area contributed by atoms with Crippen LogP contribution in [0.15, 0.2) is 0 Å². The summed E-state index contributed by atoms with van der Waals surface area (Å²) < 4.78 is 0. The fourth-order valence-corrected chi connectivity index (χ4v) is 2.22. The highest BCUT2D eigenvalue weighted by Gasteiger charge is 2.23. The lowest BCUT2D eigenvalue weighted by Crippen LogP contribution is -2.47. The maximum Gasteiger partial charge on any atom is 0.234 e. The van der Waals surface area contributed by atoms with Gasteiger partial charge in [0.2, 0.25) is 5.91 Å². The third-order valence-corrected chi connectivity index (χ3v) is 3.35. The first-order valence-electron chi connectivity index (χ1n) is 6.75. The molecule has 0 aromatic heterocycles. The summed E-state index contributed by atoms with van der Waals surface area (Å²) in [6, 6.07) is 0.180. The standard InChI is InChI=1S/C13H26N2O2/c1-11(2)6-7-14-13(17)9-15-8-4-3-5-12(15)10-16/h11-12,16H,3-10H2,1-2H3,(H,14,17). The number of amides is 1. The van der Waals surface area contributed by atoms with E-state index in [0.717, 1.165) is 38.8 Å². The molecule has 1 aliphatic heterocycles. The Hall–Kier alpha value is -0.610. The number of hydrogen-bond acceptors (Lipinski definition) is 3. The Morgan fingerprint density at radius 3 is 2.88 bits per heavy atom. The van der Waals surface area contributed by atoms with Gasteiger partial charge in [-0.15, -0.1) is 0 Å². The molecule has 1 rings (SSSR count). The minimum absolute atomic E-state index is 0.0889. The molecule has 2 N–H and O–H groups in total. The second-order valence-electron chi connectivity index (χ2n) is 5.34. The van der Waals surface area contributed by atoms with Gasteiger partial charge in [-0.3, -0.25) is 9.69 Å². The van der Waals surface area contributed by atoms with E-state index in [1.807, 2.05) is 0 Å². The summed E-state index contributed by atoms with van der Waals surface area (Å²) in [6.45, 7) is 6.59. The number of piperidine rings is 1. The first-order valence-corrected chi connectivity index (χ1v) is 6.75. The molecule has 4 nitrogen and oxygen atoms in total. The van der Waals surface area contributed by atoms with Crippen LogP contribution in [0.3, 0.4) is 0 Å². The van der Waals surface area contributed by atoms with Crippen LogP contribution in [0.1, 0.15) is 39.5 Å². The lowest BCUT2D eigenvalue weighted by molar-refractivity contribution is -0.123. The van der Waals surface area contributed by atoms with E-state index in [9.17, 15) is 9.90 Å². The minimum Gasteiger partial charge on any atom is -0.395 e. The van der Waals surface area contributed by atoms with E-state index >= 15 is 0 Å². The molecule has 0 aliphatic carbocycles. The molecule has 0 aromatic carbocycles. The molecular weight excluding hydrogens is 216 g/mol. The average Bonchev–Trinajstić information content (AvgIpc) is 2.29. The van der Waals surface area contributed by atoms with E-state index in [-0.39, 0.29) is 18.6 Å². The first-order chi connectivity index (χ1) is 8.13. The van der Waals surface area contributed by atoms with Crippen LogP contribution in [0.5, 0.6) is 0 Å². The number of carbonyl (C=O) groups excluding carboxylic acids is 1. The van der Waals surface area contributed by atoms with Gasteiger partial charge in [0.15, 0.2) is 0 Å². The number of rotatable bonds is 6. The van der Waals surface area contributed by atoms with Crippen LogP contribution >= 0.6 is 0 Å². The van der Waals surface area contributed by atoms with Crippen LogP contribution in [-0.4, -0.2) is 48.2 Å². The fraction of sp³-hybridized carbons (Fsp3) is 0.923. The third kappa shape index (κ3) is 5.50. The van der Waals surface area contributed by atoms with Gasteiger partial charge in [0.25, 0.3) is 0 Å². The third-order valence-electron chi connectivity index (χ3n) is 3.35. The van der Waals surface area contributed by atoms with Gasteiger partial charge in [0, 0.05) is 12.6 Å². The molecular formula is C13H26N2O2. The maximum atomic E-state index is 11.7. The molecule has 0 spiro atoms. The van der Waals surface area contributed by atoms with Crippen LogP contribution in [0, 0.1) is 5.92 Å². The summed E-state index contributed by atoms with van der Waals surface area (Å²) >= 11 is 0. The Morgan fingerprint density at radius 1 is 1.47 bits per heavy atom. The van der Waals surface area contributed by atoms with Crippen LogP contribution in [0.2, 0.25) is 0 Å². The number of aliphatic hydroxyl groups excluding tert-OH is 1. The lowest BCUT2D eigenvalue weighted by atomic mass is 10.0. The van der Waals surface area contributed by atoms with Gasteiger partial charge in [0.1, 0.15) is 0 Å². The molecule has 4 heteroatoms. The van der Waals surface area contributed by atoms with Crippen molar-refractivity contribution in [1.29, 1.82) is 0 Å². The highest BCUT2D eigenvalue weighted by atomic mass is 16.3. The van der Waals surface area contributed by atoms with E-state index in [1.165, 1.54) is 0 Å². The number of aliphatic hydroxyl groups is 1. The van der Waals surface area contributed by atoms with Gasteiger partial charge < -0.3 is 10.4 Å². The molecule has 100 valence electrons. The summed E-state index contributed by atoms with van der Waals surface area (Å²) in [7, 11) is 0. The highest BCUT2D eigenvalue weighted by Crippen LogP contribution is 2.15. The minimum atomic E-state index is 0.0889. The van der Waals surface area contributed by atoms with Gasteiger partial charge >= 0.3 is 0 Å². The van der Waals surface area contributed by atoms with E-state index in [4.69, 9.17) is 0 Å². The quantitative estimate of drug-likeness (QED) is 0.730. The van der Waals surface area contributed by atoms with Crippen molar-refractivity contribution in [2.45, 2.75) is 45.6 Å². The molecule has 1 amide bonds. The Labute approximate surface area is 104 Å². The van der Waals surface area contributed by atoms with Crippen molar-refractivity contribution in [3.8, 4) is 0 Å². The molecule has 1 aliphatic rings. The van der Waals surface area contributed by atoms with Crippen molar-refractivity contribution in [3.63, 3.8) is 0 Å². The van der Waals surface area contributed by atoms with Gasteiger partial charge in [-0.05, 0) is 31.7 Å². The number of nitrogens with zero attached hydrogens (tertiary/aromatic N) is 1. The van der Waals surface area contributed by atoms with Crippen molar-refractivity contribution in [1.82, 2.24) is 10.2 Å². The molecule has 17 heavy (non-hydrogen) atoms. The summed E-state index contributed by atoms with van der Waals surface area (Å²) in [6.07, 6.45) is 4.33. The first kappa shape index (κ1) is 14.5. The van der Waals surface area contributed by atoms with Crippen molar-refractivity contribution in [2.24, 2.45) is 5.92 Å². The summed E-state index contributed by atoms with van der Waals surface area (Å²) in [5.41, 5.74) is 0. The van der Waals surface area contributed by atoms with E-state index in [1.54, 1.807) is 0 Å². The van der Waals surface area contributed by atoms with Crippen molar-refractivity contribution in [3.05, 3.63) is 0 Å². The van der Waals surface area contributed by atoms with E-state index < -0.39 is 0 Å². The average molecular weight is 242 g/mol. The largest absolute Gasteiger partial charge is 0.395 e. The zero-order valence-corrected chi connectivity index (χ0v) is 11.1. The van der Waals surface area contributed by atoms with Crippen LogP contribution in [0.4, 0.5) is 0 Å². The summed E-state index contributed by atoms with van der Waals surface area (Å²) in [5, 5.41) is 12.2. The topological polar surface area (TPSA) is 52.6 Å². The Morgan fingerprint density at radius 2 is 2.24 bits per heavy atom. The van der Waals surface area contributed by atoms with Crippen LogP contribution in [0.25, 0.3) is 0 Å². The van der Waals surface area contributed by atoms with Crippen molar-refractivity contribution in [2.75, 3.05) is 26.2 Å². The number of nitrogens with one attached hydrogen (secondary N) is 1. The fourth-order valence-electron chi connectivity index (χ4n) is 2.22. The molecule has 0 saturated carbocycles. The van der Waals surface area contributed by atoms with Gasteiger partial charge in [-0.1, -0.05) is 20.3 Å². The predicted molar refractivity (Wildman–Crippen MR) is 68.8 cm³/mol. The number of likely N-dealkylation sites (tertiary alicyclic amines) is 1. The van der Waals surface area contributed by atoms with Gasteiger partial charge in [-0.2, -0.15) is 0 Å². The van der Waals surface area contributed by atoms with E-state index in [0.29, 0.717) is 12.5 Å². The predicted octanol–water partition coefficient (Wildman–Crippen LogP) is 0.995. The zero-order valence-electron chi connectivity index (χ0n) is 11.1. The van der Waals surface area contributed by atoms with Gasteiger partial charge in [0.05, 0.1) is 13.2 Å². The molecule has 1 heterocycles. The molecule has 0 radical (unpaired) electrons. The second-order valence-corrected chi connectivity index (χ2v) is 5.34. The zero-order chi connectivity index (χ0) is 12.7. The van der Waals surface area contributed by atoms with Crippen LogP contribution < -0.4 is 5.32 Å². The summed E-state index contributed by atoms with van der Waals surface area (Å²) in [4.78, 5) is 13.8. The smallest absolute Gasteiger partial charge is 0.234 e. The monoisotopic (exact) mass is 242 g/mol. The van der Waals surface area contributed by atoms with Crippen LogP contribution in [-0.2, 0) is 4.79 Å². The number of carbonyl (C=O) groups is 1. The Bertz CT molecular complexity index is 231. The SMILES string of the molecule is CC(C)CCNC(=O)CN1CCCCC1CO. The molecule has 0 bridgehead atoms. The Kier molecular flexibility index (Phi) is 6.52. The van der Waals surface area contributed by atoms with Crippen molar-refractivity contribution >= 4 is 5.91 Å². The lowest BCUT2D eigenvalue weighted by Gasteiger charge is -2.33. The molecule has 1 fully saturated rings. The molecule has 1 saturated heterocycles. The summed E-state index contributed by atoms with van der Waals surface area (Å²) in [5.74, 6) is 0.710. The second kappa shape index (κ2) is 7.67. The molecule has 0 aromatic rings. The molecule has 1 atom stereocenters. The normalized spacial score (nSPS) is 21.8. The number of hydrogen-bond donors (Lipinski definition) is 2. The van der Waals surface area contributed by atoms with Crippen molar-refractivity contribution < 1.29 is 9.90 Å². The highest BCUT2D eigenvalue weighted by molar-refractivity contribution is 5.78. The molecule has 1 unspecified atom stereocenters.